The SMILES string of the molecule is CN(C)CCOc1ccc(C=CCBr)cc1. The van der Waals surface area contributed by atoms with Gasteiger partial charge in [-0.25, -0.2) is 0 Å². The van der Waals surface area contributed by atoms with Crippen molar-refractivity contribution in [2.24, 2.45) is 0 Å². The van der Waals surface area contributed by atoms with Crippen LogP contribution in [-0.2, 0) is 0 Å². The van der Waals surface area contributed by atoms with Crippen LogP contribution in [0.5, 0.6) is 5.75 Å². The number of nitrogens with zero attached hydrogens (tertiary/aromatic N) is 1. The number of halogens is 1. The number of allylic oxidation sites excluding steroid dienone is 1. The Balaban J connectivity index is 2.42. The van der Waals surface area contributed by atoms with Crippen LogP contribution in [0.4, 0.5) is 0 Å². The Hall–Kier alpha value is -0.800. The lowest BCUT2D eigenvalue weighted by molar-refractivity contribution is 0.261. The third-order valence-corrected chi connectivity index (χ3v) is 2.46. The van der Waals surface area contributed by atoms with Crippen molar-refractivity contribution in [1.82, 2.24) is 4.90 Å². The molecule has 0 unspecified atom stereocenters. The van der Waals surface area contributed by atoms with Crippen LogP contribution in [0.15, 0.2) is 30.3 Å². The molecule has 0 spiro atoms. The molecule has 0 heterocycles. The Morgan fingerprint density at radius 3 is 2.50 bits per heavy atom. The molecular formula is C13H18BrNO. The largest absolute Gasteiger partial charge is 0.492 e. The van der Waals surface area contributed by atoms with Crippen LogP contribution in [-0.4, -0.2) is 37.5 Å². The molecule has 0 atom stereocenters. The molecule has 16 heavy (non-hydrogen) atoms. The van der Waals surface area contributed by atoms with Gasteiger partial charge in [0.15, 0.2) is 0 Å². The van der Waals surface area contributed by atoms with E-state index in [0.717, 1.165) is 24.2 Å². The standard InChI is InChI=1S/C13H18BrNO/c1-15(2)10-11-16-13-7-5-12(6-8-13)4-3-9-14/h3-8H,9-11H2,1-2H3. The molecule has 0 radical (unpaired) electrons. The normalized spacial score (nSPS) is 11.2. The van der Waals surface area contributed by atoms with E-state index in [4.69, 9.17) is 4.74 Å². The van der Waals surface area contributed by atoms with E-state index >= 15 is 0 Å². The van der Waals surface area contributed by atoms with Gasteiger partial charge in [0.05, 0.1) is 0 Å². The number of hydrogen-bond acceptors (Lipinski definition) is 2. The van der Waals surface area contributed by atoms with Crippen molar-refractivity contribution >= 4 is 22.0 Å². The van der Waals surface area contributed by atoms with Gasteiger partial charge in [0.2, 0.25) is 0 Å². The molecule has 0 fully saturated rings. The summed E-state index contributed by atoms with van der Waals surface area (Å²) in [6.45, 7) is 1.66. The van der Waals surface area contributed by atoms with E-state index in [9.17, 15) is 0 Å². The predicted molar refractivity (Wildman–Crippen MR) is 73.3 cm³/mol. The molecule has 2 nitrogen and oxygen atoms in total. The molecule has 0 bridgehead atoms. The second-order valence-electron chi connectivity index (χ2n) is 3.78. The van der Waals surface area contributed by atoms with Crippen molar-refractivity contribution in [2.45, 2.75) is 0 Å². The Morgan fingerprint density at radius 2 is 1.94 bits per heavy atom. The van der Waals surface area contributed by atoms with E-state index in [0.29, 0.717) is 0 Å². The van der Waals surface area contributed by atoms with E-state index in [-0.39, 0.29) is 0 Å². The number of ether oxygens (including phenoxy) is 1. The number of rotatable bonds is 6. The first-order valence-corrected chi connectivity index (χ1v) is 6.44. The van der Waals surface area contributed by atoms with Crippen LogP contribution < -0.4 is 4.74 Å². The minimum absolute atomic E-state index is 0.726. The smallest absolute Gasteiger partial charge is 0.119 e. The maximum absolute atomic E-state index is 5.60. The van der Waals surface area contributed by atoms with Gasteiger partial charge < -0.3 is 9.64 Å². The van der Waals surface area contributed by atoms with Crippen LogP contribution in [0.1, 0.15) is 5.56 Å². The van der Waals surface area contributed by atoms with Gasteiger partial charge >= 0.3 is 0 Å². The summed E-state index contributed by atoms with van der Waals surface area (Å²) in [5.41, 5.74) is 1.19. The maximum Gasteiger partial charge on any atom is 0.119 e. The molecule has 88 valence electrons. The van der Waals surface area contributed by atoms with Crippen molar-refractivity contribution in [3.05, 3.63) is 35.9 Å². The first-order chi connectivity index (χ1) is 7.72. The van der Waals surface area contributed by atoms with Gasteiger partial charge in [0.1, 0.15) is 12.4 Å². The zero-order chi connectivity index (χ0) is 11.8. The number of alkyl halides is 1. The highest BCUT2D eigenvalue weighted by Gasteiger charge is 1.94. The minimum Gasteiger partial charge on any atom is -0.492 e. The molecule has 1 rings (SSSR count). The lowest BCUT2D eigenvalue weighted by atomic mass is 10.2. The molecule has 3 heteroatoms. The van der Waals surface area contributed by atoms with Gasteiger partial charge in [0.25, 0.3) is 0 Å². The second-order valence-corrected chi connectivity index (χ2v) is 4.42. The summed E-state index contributed by atoms with van der Waals surface area (Å²) in [6, 6.07) is 8.13. The summed E-state index contributed by atoms with van der Waals surface area (Å²) in [5, 5.41) is 0.883. The van der Waals surface area contributed by atoms with Crippen molar-refractivity contribution in [3.8, 4) is 5.75 Å². The Morgan fingerprint density at radius 1 is 1.25 bits per heavy atom. The van der Waals surface area contributed by atoms with E-state index in [1.54, 1.807) is 0 Å². The van der Waals surface area contributed by atoms with Gasteiger partial charge in [-0.15, -0.1) is 0 Å². The van der Waals surface area contributed by atoms with Crippen molar-refractivity contribution in [3.63, 3.8) is 0 Å². The Kier molecular flexibility index (Phi) is 6.19. The summed E-state index contributed by atoms with van der Waals surface area (Å²) in [5.74, 6) is 0.929. The summed E-state index contributed by atoms with van der Waals surface area (Å²) >= 11 is 3.35. The van der Waals surface area contributed by atoms with Crippen LogP contribution in [0.2, 0.25) is 0 Å². The zero-order valence-corrected chi connectivity index (χ0v) is 11.4. The van der Waals surface area contributed by atoms with Gasteiger partial charge in [0, 0.05) is 11.9 Å². The fourth-order valence-electron chi connectivity index (χ4n) is 1.20. The van der Waals surface area contributed by atoms with Crippen molar-refractivity contribution in [1.29, 1.82) is 0 Å². The van der Waals surface area contributed by atoms with Gasteiger partial charge in [-0.1, -0.05) is 40.2 Å². The fourth-order valence-corrected chi connectivity index (χ4v) is 1.39. The van der Waals surface area contributed by atoms with Gasteiger partial charge in [-0.3, -0.25) is 0 Å². The van der Waals surface area contributed by atoms with E-state index < -0.39 is 0 Å². The quantitative estimate of drug-likeness (QED) is 0.744. The van der Waals surface area contributed by atoms with Crippen LogP contribution in [0.3, 0.4) is 0 Å². The molecule has 0 saturated heterocycles. The summed E-state index contributed by atoms with van der Waals surface area (Å²) < 4.78 is 5.60. The highest BCUT2D eigenvalue weighted by molar-refractivity contribution is 9.09. The molecule has 0 saturated carbocycles. The lowest BCUT2D eigenvalue weighted by Crippen LogP contribution is -2.19. The lowest BCUT2D eigenvalue weighted by Gasteiger charge is -2.10. The first-order valence-electron chi connectivity index (χ1n) is 5.32. The number of benzene rings is 1. The third-order valence-electron chi connectivity index (χ3n) is 2.09. The summed E-state index contributed by atoms with van der Waals surface area (Å²) in [4.78, 5) is 2.10. The fraction of sp³-hybridized carbons (Fsp3) is 0.385. The van der Waals surface area contributed by atoms with Crippen molar-refractivity contribution < 1.29 is 4.74 Å². The van der Waals surface area contributed by atoms with Crippen LogP contribution in [0.25, 0.3) is 6.08 Å². The third kappa shape index (κ3) is 5.33. The Bertz CT molecular complexity index is 319. The predicted octanol–water partition coefficient (Wildman–Crippen LogP) is 3.04. The summed E-state index contributed by atoms with van der Waals surface area (Å²) in [7, 11) is 4.08. The molecular weight excluding hydrogens is 266 g/mol. The van der Waals surface area contributed by atoms with E-state index in [1.165, 1.54) is 5.56 Å². The van der Waals surface area contributed by atoms with Crippen molar-refractivity contribution in [2.75, 3.05) is 32.6 Å². The maximum atomic E-state index is 5.60. The van der Waals surface area contributed by atoms with Crippen LogP contribution >= 0.6 is 15.9 Å². The topological polar surface area (TPSA) is 12.5 Å². The second kappa shape index (κ2) is 7.47. The average Bonchev–Trinajstić information content (AvgIpc) is 2.27. The number of likely N-dealkylation sites (N-methyl/N-ethyl adjacent to an activating group) is 1. The molecule has 1 aromatic rings. The Labute approximate surface area is 106 Å². The molecule has 0 aliphatic carbocycles. The zero-order valence-electron chi connectivity index (χ0n) is 9.82. The minimum atomic E-state index is 0.726. The summed E-state index contributed by atoms with van der Waals surface area (Å²) in [6.07, 6.45) is 4.15. The van der Waals surface area contributed by atoms with E-state index in [1.807, 2.05) is 26.2 Å². The number of hydrogen-bond donors (Lipinski definition) is 0. The molecule has 0 amide bonds. The van der Waals surface area contributed by atoms with Gasteiger partial charge in [-0.05, 0) is 31.8 Å². The molecule has 0 aliphatic rings. The highest BCUT2D eigenvalue weighted by atomic mass is 79.9. The average molecular weight is 284 g/mol. The molecule has 0 aromatic heterocycles. The first kappa shape index (κ1) is 13.3. The molecule has 0 aliphatic heterocycles. The van der Waals surface area contributed by atoms with Crippen LogP contribution in [0, 0.1) is 0 Å². The highest BCUT2D eigenvalue weighted by Crippen LogP contribution is 2.13. The monoisotopic (exact) mass is 283 g/mol. The van der Waals surface area contributed by atoms with E-state index in [2.05, 4.69) is 45.1 Å². The molecule has 0 N–H and O–H groups in total. The molecule has 1 aromatic carbocycles. The van der Waals surface area contributed by atoms with Gasteiger partial charge in [-0.2, -0.15) is 0 Å².